The van der Waals surface area contributed by atoms with E-state index >= 15 is 0 Å². The largest absolute Gasteiger partial charge is 0.347 e. The average Bonchev–Trinajstić information content (AvgIpc) is 2.44. The Bertz CT molecular complexity index is 181. The van der Waals surface area contributed by atoms with Crippen LogP contribution >= 0.6 is 0 Å². The molecule has 2 rings (SSSR count). The molecule has 12 heavy (non-hydrogen) atoms. The fourth-order valence-electron chi connectivity index (χ4n) is 2.51. The Kier molecular flexibility index (Phi) is 1.92. The molecule has 0 spiro atoms. The Labute approximate surface area is 74.2 Å². The molecule has 2 bridgehead atoms. The lowest BCUT2D eigenvalue weighted by Gasteiger charge is -2.39. The Morgan fingerprint density at radius 1 is 1.42 bits per heavy atom. The topological polar surface area (TPSA) is 18.5 Å². The third-order valence-electron chi connectivity index (χ3n) is 3.45. The van der Waals surface area contributed by atoms with Crippen molar-refractivity contribution >= 4 is 0 Å². The highest BCUT2D eigenvalue weighted by Crippen LogP contribution is 2.44. The molecule has 2 aliphatic rings. The van der Waals surface area contributed by atoms with E-state index in [9.17, 15) is 0 Å². The van der Waals surface area contributed by atoms with Gasteiger partial charge in [0.15, 0.2) is 5.79 Å². The number of fused-ring (bicyclic) bond motifs is 2. The number of hydrogen-bond donors (Lipinski definition) is 0. The van der Waals surface area contributed by atoms with Crippen LogP contribution in [0.1, 0.15) is 33.6 Å². The van der Waals surface area contributed by atoms with Crippen LogP contribution in [-0.4, -0.2) is 18.5 Å². The minimum atomic E-state index is -0.225. The predicted molar refractivity (Wildman–Crippen MR) is 46.8 cm³/mol. The van der Waals surface area contributed by atoms with Gasteiger partial charge in [-0.15, -0.1) is 0 Å². The number of rotatable bonds is 1. The predicted octanol–water partition coefficient (Wildman–Crippen LogP) is 2.18. The maximum absolute atomic E-state index is 5.94. The Hall–Kier alpha value is -0.0800. The second-order valence-electron chi connectivity index (χ2n) is 4.25. The molecular formula is C10H18O2. The summed E-state index contributed by atoms with van der Waals surface area (Å²) in [7, 11) is 0. The molecule has 2 aliphatic heterocycles. The van der Waals surface area contributed by atoms with Gasteiger partial charge in [-0.25, -0.2) is 0 Å². The summed E-state index contributed by atoms with van der Waals surface area (Å²) in [5.74, 6) is 0.996. The first-order valence-corrected chi connectivity index (χ1v) is 4.99. The summed E-state index contributed by atoms with van der Waals surface area (Å²) in [6.07, 6.45) is 2.59. The second-order valence-corrected chi connectivity index (χ2v) is 4.25. The Morgan fingerprint density at radius 3 is 2.83 bits per heavy atom. The standard InChI is InChI=1S/C10H18O2/c1-4-10-8(3)5-7(2)9(12-10)6-11-10/h7-9H,4-6H2,1-3H3/t7-,8-,9+,10+/m0/s1. The number of hydrogen-bond acceptors (Lipinski definition) is 2. The van der Waals surface area contributed by atoms with Crippen LogP contribution in [0.4, 0.5) is 0 Å². The third-order valence-corrected chi connectivity index (χ3v) is 3.45. The van der Waals surface area contributed by atoms with Crippen LogP contribution in [0.15, 0.2) is 0 Å². The van der Waals surface area contributed by atoms with E-state index in [1.165, 1.54) is 6.42 Å². The van der Waals surface area contributed by atoms with Crippen LogP contribution in [0.5, 0.6) is 0 Å². The van der Waals surface area contributed by atoms with E-state index in [2.05, 4.69) is 20.8 Å². The minimum Gasteiger partial charge on any atom is -0.347 e. The molecule has 2 heteroatoms. The molecule has 2 nitrogen and oxygen atoms in total. The first kappa shape index (κ1) is 8.52. The molecule has 2 fully saturated rings. The van der Waals surface area contributed by atoms with Crippen LogP contribution in [0.25, 0.3) is 0 Å². The zero-order valence-electron chi connectivity index (χ0n) is 8.17. The van der Waals surface area contributed by atoms with Crippen LogP contribution in [-0.2, 0) is 9.47 Å². The van der Waals surface area contributed by atoms with Crippen LogP contribution in [0, 0.1) is 11.8 Å². The summed E-state index contributed by atoms with van der Waals surface area (Å²) in [5.41, 5.74) is 0. The molecule has 70 valence electrons. The summed E-state index contributed by atoms with van der Waals surface area (Å²) in [4.78, 5) is 0. The fraction of sp³-hybridized carbons (Fsp3) is 1.00. The quantitative estimate of drug-likeness (QED) is 0.600. The lowest BCUT2D eigenvalue weighted by molar-refractivity contribution is -0.229. The molecule has 0 aromatic carbocycles. The summed E-state index contributed by atoms with van der Waals surface area (Å²) in [5, 5.41) is 0. The molecule has 0 saturated carbocycles. The maximum Gasteiger partial charge on any atom is 0.171 e. The van der Waals surface area contributed by atoms with Crippen molar-refractivity contribution in [2.75, 3.05) is 6.61 Å². The van der Waals surface area contributed by atoms with E-state index in [-0.39, 0.29) is 5.79 Å². The van der Waals surface area contributed by atoms with Crippen molar-refractivity contribution in [3.05, 3.63) is 0 Å². The molecule has 2 saturated heterocycles. The van der Waals surface area contributed by atoms with Gasteiger partial charge in [0.25, 0.3) is 0 Å². The minimum absolute atomic E-state index is 0.225. The van der Waals surface area contributed by atoms with E-state index in [0.717, 1.165) is 13.0 Å². The fourth-order valence-corrected chi connectivity index (χ4v) is 2.51. The van der Waals surface area contributed by atoms with Crippen LogP contribution in [0.2, 0.25) is 0 Å². The zero-order valence-corrected chi connectivity index (χ0v) is 8.17. The normalized spacial score (nSPS) is 52.8. The number of ether oxygens (including phenoxy) is 2. The van der Waals surface area contributed by atoms with Gasteiger partial charge in [0.2, 0.25) is 0 Å². The Balaban J connectivity index is 2.18. The van der Waals surface area contributed by atoms with Gasteiger partial charge in [0.05, 0.1) is 12.7 Å². The van der Waals surface area contributed by atoms with E-state index < -0.39 is 0 Å². The van der Waals surface area contributed by atoms with E-state index in [1.54, 1.807) is 0 Å². The molecule has 4 atom stereocenters. The molecule has 0 N–H and O–H groups in total. The SMILES string of the molecule is CC[C@@]12OC[C@@H](O1)[C@@H](C)C[C@@H]2C. The van der Waals surface area contributed by atoms with Crippen molar-refractivity contribution in [3.8, 4) is 0 Å². The van der Waals surface area contributed by atoms with E-state index in [1.807, 2.05) is 0 Å². The van der Waals surface area contributed by atoms with Gasteiger partial charge in [0.1, 0.15) is 0 Å². The molecular weight excluding hydrogens is 152 g/mol. The van der Waals surface area contributed by atoms with Crippen molar-refractivity contribution in [1.29, 1.82) is 0 Å². The molecule has 0 amide bonds. The molecule has 0 unspecified atom stereocenters. The highest BCUT2D eigenvalue weighted by Gasteiger charge is 2.50. The Morgan fingerprint density at radius 2 is 2.17 bits per heavy atom. The zero-order chi connectivity index (χ0) is 8.77. The van der Waals surface area contributed by atoms with Gasteiger partial charge in [-0.2, -0.15) is 0 Å². The van der Waals surface area contributed by atoms with E-state index in [0.29, 0.717) is 17.9 Å². The molecule has 0 radical (unpaired) electrons. The van der Waals surface area contributed by atoms with Gasteiger partial charge >= 0.3 is 0 Å². The van der Waals surface area contributed by atoms with Gasteiger partial charge in [-0.05, 0) is 18.8 Å². The smallest absolute Gasteiger partial charge is 0.171 e. The lowest BCUT2D eigenvalue weighted by atomic mass is 9.84. The first-order valence-electron chi connectivity index (χ1n) is 4.99. The van der Waals surface area contributed by atoms with Crippen LogP contribution in [0.3, 0.4) is 0 Å². The summed E-state index contributed by atoms with van der Waals surface area (Å²) in [6.45, 7) is 7.45. The molecule has 0 aliphatic carbocycles. The van der Waals surface area contributed by atoms with Crippen molar-refractivity contribution in [2.45, 2.75) is 45.5 Å². The average molecular weight is 170 g/mol. The summed E-state index contributed by atoms with van der Waals surface area (Å²) in [6, 6.07) is 0. The molecule has 2 heterocycles. The summed E-state index contributed by atoms with van der Waals surface area (Å²) < 4.78 is 11.7. The summed E-state index contributed by atoms with van der Waals surface area (Å²) >= 11 is 0. The highest BCUT2D eigenvalue weighted by atomic mass is 16.7. The van der Waals surface area contributed by atoms with Crippen LogP contribution < -0.4 is 0 Å². The third kappa shape index (κ3) is 1.01. The maximum atomic E-state index is 5.94. The van der Waals surface area contributed by atoms with Gasteiger partial charge in [-0.3, -0.25) is 0 Å². The highest BCUT2D eigenvalue weighted by molar-refractivity contribution is 4.91. The monoisotopic (exact) mass is 170 g/mol. The van der Waals surface area contributed by atoms with Gasteiger partial charge in [0, 0.05) is 5.92 Å². The molecule has 0 aromatic rings. The van der Waals surface area contributed by atoms with E-state index in [4.69, 9.17) is 9.47 Å². The lowest BCUT2D eigenvalue weighted by Crippen LogP contribution is -2.43. The van der Waals surface area contributed by atoms with Crippen molar-refractivity contribution in [3.63, 3.8) is 0 Å². The van der Waals surface area contributed by atoms with Crippen molar-refractivity contribution in [1.82, 2.24) is 0 Å². The van der Waals surface area contributed by atoms with Gasteiger partial charge in [-0.1, -0.05) is 20.8 Å². The van der Waals surface area contributed by atoms with Crippen molar-refractivity contribution in [2.24, 2.45) is 11.8 Å². The first-order chi connectivity index (χ1) is 5.68. The van der Waals surface area contributed by atoms with Crippen molar-refractivity contribution < 1.29 is 9.47 Å². The van der Waals surface area contributed by atoms with Gasteiger partial charge < -0.3 is 9.47 Å². The second kappa shape index (κ2) is 2.71. The molecule has 0 aromatic heterocycles.